The number of methoxy groups -OCH3 is 1. The van der Waals surface area contributed by atoms with Gasteiger partial charge in [0.15, 0.2) is 10.8 Å². The number of thiazole rings is 1. The summed E-state index contributed by atoms with van der Waals surface area (Å²) in [6, 6.07) is 19.2. The van der Waals surface area contributed by atoms with Crippen LogP contribution in [0.2, 0.25) is 0 Å². The molecule has 0 spiro atoms. The standard InChI is InChI=1S/C22H18N2O3S/c1-26-16-9-6-15(7-10-16)8-13-21(25)23-14-17-11-12-19(27-17)22-24-18-4-2-3-5-20(18)28-22/h2-13H,14H2,1H3,(H,23,25). The predicted molar refractivity (Wildman–Crippen MR) is 111 cm³/mol. The maximum absolute atomic E-state index is 12.0. The average Bonchev–Trinajstić information content (AvgIpc) is 3.37. The molecule has 1 N–H and O–H groups in total. The first kappa shape index (κ1) is 18.0. The number of fused-ring (bicyclic) bond motifs is 1. The molecule has 0 aliphatic heterocycles. The lowest BCUT2D eigenvalue weighted by Gasteiger charge is -2.00. The SMILES string of the molecule is COc1ccc(C=CC(=O)NCc2ccc(-c3nc4ccccc4s3)o2)cc1. The van der Waals surface area contributed by atoms with Crippen molar-refractivity contribution in [3.05, 3.63) is 78.1 Å². The van der Waals surface area contributed by atoms with Gasteiger partial charge in [0.2, 0.25) is 5.91 Å². The van der Waals surface area contributed by atoms with Crippen molar-refractivity contribution in [3.8, 4) is 16.5 Å². The number of carbonyl (C=O) groups excluding carboxylic acids is 1. The lowest BCUT2D eigenvalue weighted by atomic mass is 10.2. The second kappa shape index (κ2) is 8.10. The van der Waals surface area contributed by atoms with Crippen molar-refractivity contribution in [2.75, 3.05) is 7.11 Å². The largest absolute Gasteiger partial charge is 0.497 e. The second-order valence-corrected chi connectivity index (χ2v) is 7.11. The number of carbonyl (C=O) groups is 1. The van der Waals surface area contributed by atoms with Crippen molar-refractivity contribution in [1.82, 2.24) is 10.3 Å². The molecule has 4 rings (SSSR count). The summed E-state index contributed by atoms with van der Waals surface area (Å²) < 4.78 is 12.1. The predicted octanol–water partition coefficient (Wildman–Crippen LogP) is 4.89. The molecule has 0 saturated carbocycles. The van der Waals surface area contributed by atoms with Gasteiger partial charge in [-0.25, -0.2) is 4.98 Å². The Balaban J connectivity index is 1.36. The molecule has 4 aromatic rings. The zero-order valence-corrected chi connectivity index (χ0v) is 16.0. The highest BCUT2D eigenvalue weighted by atomic mass is 32.1. The zero-order valence-electron chi connectivity index (χ0n) is 15.2. The molecular weight excluding hydrogens is 372 g/mol. The fourth-order valence-electron chi connectivity index (χ4n) is 2.69. The molecule has 0 aliphatic rings. The number of hydrogen-bond donors (Lipinski definition) is 1. The monoisotopic (exact) mass is 390 g/mol. The van der Waals surface area contributed by atoms with Crippen LogP contribution in [0.5, 0.6) is 5.75 Å². The van der Waals surface area contributed by atoms with E-state index in [0.29, 0.717) is 18.1 Å². The van der Waals surface area contributed by atoms with Crippen molar-refractivity contribution < 1.29 is 13.9 Å². The van der Waals surface area contributed by atoms with Gasteiger partial charge < -0.3 is 14.5 Å². The highest BCUT2D eigenvalue weighted by Gasteiger charge is 2.10. The molecule has 5 nitrogen and oxygen atoms in total. The lowest BCUT2D eigenvalue weighted by molar-refractivity contribution is -0.116. The minimum absolute atomic E-state index is 0.186. The van der Waals surface area contributed by atoms with Crippen LogP contribution >= 0.6 is 11.3 Å². The normalized spacial score (nSPS) is 11.2. The molecule has 0 bridgehead atoms. The third-order valence-electron chi connectivity index (χ3n) is 4.15. The Morgan fingerprint density at radius 3 is 2.75 bits per heavy atom. The van der Waals surface area contributed by atoms with Crippen LogP contribution in [-0.4, -0.2) is 18.0 Å². The number of aromatic nitrogens is 1. The summed E-state index contributed by atoms with van der Waals surface area (Å²) in [6.45, 7) is 0.316. The number of benzene rings is 2. The molecule has 2 aromatic heterocycles. The third-order valence-corrected chi connectivity index (χ3v) is 5.20. The molecule has 0 atom stereocenters. The Morgan fingerprint density at radius 1 is 1.14 bits per heavy atom. The van der Waals surface area contributed by atoms with Crippen molar-refractivity contribution >= 4 is 33.5 Å². The van der Waals surface area contributed by atoms with Crippen LogP contribution in [0, 0.1) is 0 Å². The summed E-state index contributed by atoms with van der Waals surface area (Å²) in [5.74, 6) is 1.98. The fraction of sp³-hybridized carbons (Fsp3) is 0.0909. The maximum Gasteiger partial charge on any atom is 0.244 e. The highest BCUT2D eigenvalue weighted by Crippen LogP contribution is 2.31. The topological polar surface area (TPSA) is 64.4 Å². The van der Waals surface area contributed by atoms with Crippen LogP contribution in [0.15, 0.2) is 71.2 Å². The number of nitrogens with one attached hydrogen (secondary N) is 1. The van der Waals surface area contributed by atoms with E-state index in [4.69, 9.17) is 9.15 Å². The van der Waals surface area contributed by atoms with E-state index in [9.17, 15) is 4.79 Å². The van der Waals surface area contributed by atoms with Gasteiger partial charge in [-0.05, 0) is 48.0 Å². The number of ether oxygens (including phenoxy) is 1. The van der Waals surface area contributed by atoms with Crippen LogP contribution in [0.3, 0.4) is 0 Å². The van der Waals surface area contributed by atoms with Gasteiger partial charge in [0.25, 0.3) is 0 Å². The summed E-state index contributed by atoms with van der Waals surface area (Å²) >= 11 is 1.58. The molecule has 1 amide bonds. The summed E-state index contributed by atoms with van der Waals surface area (Å²) in [4.78, 5) is 16.6. The summed E-state index contributed by atoms with van der Waals surface area (Å²) in [6.07, 6.45) is 3.25. The number of amides is 1. The Morgan fingerprint density at radius 2 is 1.96 bits per heavy atom. The van der Waals surface area contributed by atoms with Gasteiger partial charge in [-0.3, -0.25) is 4.79 Å². The first-order valence-electron chi connectivity index (χ1n) is 8.76. The van der Waals surface area contributed by atoms with Gasteiger partial charge in [-0.1, -0.05) is 24.3 Å². The number of para-hydroxylation sites is 1. The van der Waals surface area contributed by atoms with Crippen molar-refractivity contribution in [2.24, 2.45) is 0 Å². The van der Waals surface area contributed by atoms with Gasteiger partial charge in [0.1, 0.15) is 11.5 Å². The molecule has 140 valence electrons. The number of nitrogens with zero attached hydrogens (tertiary/aromatic N) is 1. The van der Waals surface area contributed by atoms with Crippen LogP contribution < -0.4 is 10.1 Å². The molecule has 0 aliphatic carbocycles. The molecular formula is C22H18N2O3S. The molecule has 6 heteroatoms. The van der Waals surface area contributed by atoms with Gasteiger partial charge in [-0.2, -0.15) is 0 Å². The molecule has 0 saturated heterocycles. The van der Waals surface area contributed by atoms with E-state index in [1.165, 1.54) is 6.08 Å². The van der Waals surface area contributed by atoms with Crippen LogP contribution in [0.25, 0.3) is 27.1 Å². The van der Waals surface area contributed by atoms with Crippen LogP contribution in [-0.2, 0) is 11.3 Å². The minimum atomic E-state index is -0.186. The lowest BCUT2D eigenvalue weighted by Crippen LogP contribution is -2.19. The van der Waals surface area contributed by atoms with Crippen molar-refractivity contribution in [1.29, 1.82) is 0 Å². The minimum Gasteiger partial charge on any atom is -0.497 e. The Labute approximate surface area is 166 Å². The van der Waals surface area contributed by atoms with Crippen molar-refractivity contribution in [2.45, 2.75) is 6.54 Å². The van der Waals surface area contributed by atoms with E-state index < -0.39 is 0 Å². The van der Waals surface area contributed by atoms with E-state index >= 15 is 0 Å². The van der Waals surface area contributed by atoms with E-state index in [2.05, 4.69) is 10.3 Å². The Hall–Kier alpha value is -3.38. The molecule has 28 heavy (non-hydrogen) atoms. The quantitative estimate of drug-likeness (QED) is 0.476. The van der Waals surface area contributed by atoms with Crippen LogP contribution in [0.4, 0.5) is 0 Å². The van der Waals surface area contributed by atoms with E-state index in [1.54, 1.807) is 24.5 Å². The Bertz CT molecular complexity index is 1090. The molecule has 0 radical (unpaired) electrons. The van der Waals surface area contributed by atoms with Gasteiger partial charge in [-0.15, -0.1) is 11.3 Å². The summed E-state index contributed by atoms with van der Waals surface area (Å²) in [5, 5.41) is 3.65. The van der Waals surface area contributed by atoms with Gasteiger partial charge in [0.05, 0.1) is 23.9 Å². The van der Waals surface area contributed by atoms with Gasteiger partial charge >= 0.3 is 0 Å². The number of hydrogen-bond acceptors (Lipinski definition) is 5. The summed E-state index contributed by atoms with van der Waals surface area (Å²) in [5.41, 5.74) is 1.88. The smallest absolute Gasteiger partial charge is 0.244 e. The van der Waals surface area contributed by atoms with Crippen LogP contribution in [0.1, 0.15) is 11.3 Å². The first-order chi connectivity index (χ1) is 13.7. The van der Waals surface area contributed by atoms with E-state index in [0.717, 1.165) is 26.5 Å². The Kier molecular flexibility index (Phi) is 5.21. The fourth-order valence-corrected chi connectivity index (χ4v) is 3.61. The highest BCUT2D eigenvalue weighted by molar-refractivity contribution is 7.21. The molecule has 2 heterocycles. The van der Waals surface area contributed by atoms with Crippen molar-refractivity contribution in [3.63, 3.8) is 0 Å². The third kappa shape index (κ3) is 4.13. The average molecular weight is 390 g/mol. The maximum atomic E-state index is 12.0. The number of furan rings is 1. The first-order valence-corrected chi connectivity index (χ1v) is 9.57. The molecule has 0 fully saturated rings. The number of rotatable bonds is 6. The summed E-state index contributed by atoms with van der Waals surface area (Å²) in [7, 11) is 1.62. The zero-order chi connectivity index (χ0) is 19.3. The van der Waals surface area contributed by atoms with E-state index in [1.807, 2.05) is 60.7 Å². The van der Waals surface area contributed by atoms with E-state index in [-0.39, 0.29) is 5.91 Å². The second-order valence-electron chi connectivity index (χ2n) is 6.08. The van der Waals surface area contributed by atoms with Gasteiger partial charge in [0, 0.05) is 6.08 Å². The molecule has 0 unspecified atom stereocenters. The molecule has 2 aromatic carbocycles.